The van der Waals surface area contributed by atoms with Crippen molar-refractivity contribution in [2.75, 3.05) is 40.9 Å². The van der Waals surface area contributed by atoms with Crippen LogP contribution in [0, 0.1) is 0 Å². The minimum absolute atomic E-state index is 0.0111. The Labute approximate surface area is 181 Å². The summed E-state index contributed by atoms with van der Waals surface area (Å²) >= 11 is 0. The lowest BCUT2D eigenvalue weighted by atomic mass is 9.94. The van der Waals surface area contributed by atoms with Crippen molar-refractivity contribution >= 4 is 11.7 Å². The minimum atomic E-state index is -0.779. The third-order valence-corrected chi connectivity index (χ3v) is 5.05. The number of methoxy groups -OCH3 is 1. The van der Waals surface area contributed by atoms with E-state index in [1.54, 1.807) is 24.3 Å². The van der Waals surface area contributed by atoms with Crippen molar-refractivity contribution in [3.05, 3.63) is 59.3 Å². The normalized spacial score (nSPS) is 16.4. The molecular weight excluding hydrogens is 400 g/mol. The number of benzene rings is 1. The molecule has 0 saturated carbocycles. The van der Waals surface area contributed by atoms with E-state index < -0.39 is 23.5 Å². The molecule has 2 aromatic rings. The van der Waals surface area contributed by atoms with Crippen LogP contribution >= 0.6 is 0 Å². The average Bonchev–Trinajstić information content (AvgIpc) is 3.38. The van der Waals surface area contributed by atoms with Crippen molar-refractivity contribution in [2.24, 2.45) is 0 Å². The Morgan fingerprint density at radius 1 is 1.26 bits per heavy atom. The molecule has 8 nitrogen and oxygen atoms in total. The number of furan rings is 1. The van der Waals surface area contributed by atoms with Crippen molar-refractivity contribution in [3.8, 4) is 11.5 Å². The highest BCUT2D eigenvalue weighted by Crippen LogP contribution is 2.41. The molecule has 0 aliphatic carbocycles. The molecule has 1 aromatic heterocycles. The van der Waals surface area contributed by atoms with Gasteiger partial charge in [0.2, 0.25) is 5.78 Å². The van der Waals surface area contributed by atoms with Crippen LogP contribution in [-0.4, -0.2) is 67.5 Å². The van der Waals surface area contributed by atoms with Gasteiger partial charge in [-0.2, -0.15) is 0 Å². The first kappa shape index (κ1) is 22.4. The molecule has 0 radical (unpaired) electrons. The van der Waals surface area contributed by atoms with Crippen LogP contribution in [0.4, 0.5) is 0 Å². The van der Waals surface area contributed by atoms with Gasteiger partial charge in [0.15, 0.2) is 23.0 Å². The third-order valence-electron chi connectivity index (χ3n) is 5.05. The maximum Gasteiger partial charge on any atom is 0.290 e. The first-order valence-corrected chi connectivity index (χ1v) is 10.2. The zero-order valence-electron chi connectivity index (χ0n) is 18.3. The highest BCUT2D eigenvalue weighted by Gasteiger charge is 2.44. The highest BCUT2D eigenvalue weighted by atomic mass is 16.5. The number of hydrogen-bond donors (Lipinski definition) is 1. The Bertz CT molecular complexity index is 964. The summed E-state index contributed by atoms with van der Waals surface area (Å²) in [7, 11) is 5.31. The molecule has 1 aliphatic heterocycles. The Kier molecular flexibility index (Phi) is 7.02. The van der Waals surface area contributed by atoms with Gasteiger partial charge in [-0.05, 0) is 50.3 Å². The van der Waals surface area contributed by atoms with Gasteiger partial charge in [-0.25, -0.2) is 0 Å². The number of amides is 1. The van der Waals surface area contributed by atoms with Gasteiger partial charge in [0.1, 0.15) is 0 Å². The van der Waals surface area contributed by atoms with Gasteiger partial charge in [0.05, 0.1) is 31.6 Å². The third kappa shape index (κ3) is 4.59. The molecule has 31 heavy (non-hydrogen) atoms. The number of hydrogen-bond acceptors (Lipinski definition) is 7. The SMILES string of the molecule is CCCOc1ccc([C@H]2C(C(=O)c3ccco3)=C(O)C(=O)N2CCN(C)C)cc1OC. The number of rotatable bonds is 10. The number of carbonyl (C=O) groups is 2. The molecule has 1 N–H and O–H groups in total. The van der Waals surface area contributed by atoms with Gasteiger partial charge >= 0.3 is 0 Å². The van der Waals surface area contributed by atoms with E-state index in [0.29, 0.717) is 36.8 Å². The van der Waals surface area contributed by atoms with Crippen LogP contribution in [-0.2, 0) is 4.79 Å². The van der Waals surface area contributed by atoms with Gasteiger partial charge in [-0.3, -0.25) is 9.59 Å². The summed E-state index contributed by atoms with van der Waals surface area (Å²) in [6.07, 6.45) is 2.22. The molecule has 1 aromatic carbocycles. The second-order valence-electron chi connectivity index (χ2n) is 7.53. The lowest BCUT2D eigenvalue weighted by molar-refractivity contribution is -0.129. The molecule has 1 amide bonds. The zero-order chi connectivity index (χ0) is 22.5. The van der Waals surface area contributed by atoms with E-state index in [-0.39, 0.29) is 11.3 Å². The number of carbonyl (C=O) groups excluding carboxylic acids is 2. The molecule has 0 bridgehead atoms. The predicted octanol–water partition coefficient (Wildman–Crippen LogP) is 3.22. The van der Waals surface area contributed by atoms with Gasteiger partial charge in [0.25, 0.3) is 5.91 Å². The Hall–Kier alpha value is -3.26. The number of nitrogens with zero attached hydrogens (tertiary/aromatic N) is 2. The summed E-state index contributed by atoms with van der Waals surface area (Å²) in [6.45, 7) is 3.43. The van der Waals surface area contributed by atoms with E-state index in [1.165, 1.54) is 24.3 Å². The summed E-state index contributed by atoms with van der Waals surface area (Å²) in [4.78, 5) is 29.5. The fraction of sp³-hybridized carbons (Fsp3) is 0.391. The second-order valence-corrected chi connectivity index (χ2v) is 7.53. The number of Topliss-reactive ketones (excluding diaryl/α,β-unsaturated/α-hetero) is 1. The van der Waals surface area contributed by atoms with Crippen molar-refractivity contribution in [1.29, 1.82) is 0 Å². The van der Waals surface area contributed by atoms with E-state index in [1.807, 2.05) is 25.9 Å². The second kappa shape index (κ2) is 9.70. The largest absolute Gasteiger partial charge is 0.503 e. The standard InChI is InChI=1S/C23H28N2O6/c1-5-12-30-16-9-8-15(14-18(16)29-4)20-19(21(26)17-7-6-13-31-17)22(27)23(28)25(20)11-10-24(2)3/h6-9,13-14,20,27H,5,10-12H2,1-4H3/t20-/m0/s1. The quantitative estimate of drug-likeness (QED) is 0.581. The number of aliphatic hydroxyl groups is 1. The summed E-state index contributed by atoms with van der Waals surface area (Å²) in [5.41, 5.74) is 0.620. The van der Waals surface area contributed by atoms with E-state index in [2.05, 4.69) is 0 Å². The van der Waals surface area contributed by atoms with Crippen LogP contribution in [0.2, 0.25) is 0 Å². The summed E-state index contributed by atoms with van der Waals surface area (Å²) in [5, 5.41) is 10.6. The zero-order valence-corrected chi connectivity index (χ0v) is 18.3. The fourth-order valence-corrected chi connectivity index (χ4v) is 3.50. The number of aliphatic hydroxyl groups excluding tert-OH is 1. The van der Waals surface area contributed by atoms with Crippen LogP contribution in [0.25, 0.3) is 0 Å². The van der Waals surface area contributed by atoms with Crippen molar-refractivity contribution in [1.82, 2.24) is 9.80 Å². The molecule has 0 saturated heterocycles. The van der Waals surface area contributed by atoms with Crippen molar-refractivity contribution in [3.63, 3.8) is 0 Å². The van der Waals surface area contributed by atoms with E-state index in [9.17, 15) is 14.7 Å². The Morgan fingerprint density at radius 3 is 2.65 bits per heavy atom. The highest BCUT2D eigenvalue weighted by molar-refractivity contribution is 6.15. The average molecular weight is 428 g/mol. The summed E-state index contributed by atoms with van der Waals surface area (Å²) < 4.78 is 16.4. The van der Waals surface area contributed by atoms with Crippen molar-refractivity contribution < 1.29 is 28.6 Å². The molecule has 0 unspecified atom stereocenters. The molecule has 1 atom stereocenters. The molecule has 0 fully saturated rings. The predicted molar refractivity (Wildman–Crippen MR) is 114 cm³/mol. The van der Waals surface area contributed by atoms with Crippen LogP contribution in [0.1, 0.15) is 35.5 Å². The number of ether oxygens (including phenoxy) is 2. The van der Waals surface area contributed by atoms with Crippen molar-refractivity contribution in [2.45, 2.75) is 19.4 Å². The maximum absolute atomic E-state index is 13.1. The minimum Gasteiger partial charge on any atom is -0.503 e. The van der Waals surface area contributed by atoms with E-state index >= 15 is 0 Å². The molecule has 2 heterocycles. The number of likely N-dealkylation sites (N-methyl/N-ethyl adjacent to an activating group) is 1. The molecular formula is C23H28N2O6. The van der Waals surface area contributed by atoms with Gasteiger partial charge in [0, 0.05) is 13.1 Å². The smallest absolute Gasteiger partial charge is 0.290 e. The summed E-state index contributed by atoms with van der Waals surface area (Å²) in [5.74, 6) is -0.559. The lowest BCUT2D eigenvalue weighted by Crippen LogP contribution is -2.36. The van der Waals surface area contributed by atoms with Crippen LogP contribution in [0.5, 0.6) is 11.5 Å². The Balaban J connectivity index is 2.06. The lowest BCUT2D eigenvalue weighted by Gasteiger charge is -2.28. The monoisotopic (exact) mass is 428 g/mol. The summed E-state index contributed by atoms with van der Waals surface area (Å²) in [6, 6.07) is 7.59. The number of ketones is 1. The molecule has 0 spiro atoms. The van der Waals surface area contributed by atoms with Gasteiger partial charge in [-0.1, -0.05) is 13.0 Å². The fourth-order valence-electron chi connectivity index (χ4n) is 3.50. The molecule has 166 valence electrons. The molecule has 3 rings (SSSR count). The van der Waals surface area contributed by atoms with Crippen LogP contribution < -0.4 is 9.47 Å². The van der Waals surface area contributed by atoms with E-state index in [4.69, 9.17) is 13.9 Å². The van der Waals surface area contributed by atoms with Crippen LogP contribution in [0.3, 0.4) is 0 Å². The molecule has 1 aliphatic rings. The van der Waals surface area contributed by atoms with Gasteiger partial charge in [-0.15, -0.1) is 0 Å². The molecule has 8 heteroatoms. The van der Waals surface area contributed by atoms with Crippen LogP contribution in [0.15, 0.2) is 52.3 Å². The van der Waals surface area contributed by atoms with E-state index in [0.717, 1.165) is 6.42 Å². The maximum atomic E-state index is 13.1. The topological polar surface area (TPSA) is 92.5 Å². The first-order valence-electron chi connectivity index (χ1n) is 10.2. The van der Waals surface area contributed by atoms with Gasteiger partial charge < -0.3 is 28.8 Å². The first-order chi connectivity index (χ1) is 14.9. The Morgan fingerprint density at radius 2 is 2.03 bits per heavy atom.